The highest BCUT2D eigenvalue weighted by atomic mass is 35.5. The van der Waals surface area contributed by atoms with Gasteiger partial charge in [0.25, 0.3) is 20.9 Å². The van der Waals surface area contributed by atoms with Gasteiger partial charge in [-0.3, -0.25) is 14.4 Å². The molecule has 9 nitrogen and oxygen atoms in total. The summed E-state index contributed by atoms with van der Waals surface area (Å²) in [4.78, 5) is 28.9. The SMILES string of the molecule is CCON(C)S(=O)(=O)c1c(Cl)ccc(Nc2c(N[C@H](CC)c3ccccc3)c(=O)c2=O)c1O. The third kappa shape index (κ3) is 4.74. The Hall–Kier alpha value is -2.92. The molecular formula is C22H24ClN3O6S. The van der Waals surface area contributed by atoms with E-state index in [1.54, 1.807) is 6.92 Å². The lowest BCUT2D eigenvalue weighted by Crippen LogP contribution is -2.37. The first-order valence-corrected chi connectivity index (χ1v) is 12.0. The molecule has 0 unspecified atom stereocenters. The van der Waals surface area contributed by atoms with Crippen LogP contribution in [0.2, 0.25) is 5.02 Å². The van der Waals surface area contributed by atoms with E-state index >= 15 is 0 Å². The van der Waals surface area contributed by atoms with Crippen LogP contribution in [-0.2, 0) is 14.9 Å². The van der Waals surface area contributed by atoms with Gasteiger partial charge in [-0.25, -0.2) is 8.42 Å². The number of hydroxylamine groups is 1. The maximum atomic E-state index is 12.8. The molecule has 0 saturated heterocycles. The van der Waals surface area contributed by atoms with Crippen molar-refractivity contribution in [1.82, 2.24) is 4.47 Å². The topological polar surface area (TPSA) is 125 Å². The van der Waals surface area contributed by atoms with Crippen LogP contribution in [0.15, 0.2) is 56.9 Å². The molecule has 3 aromatic carbocycles. The monoisotopic (exact) mass is 493 g/mol. The van der Waals surface area contributed by atoms with Gasteiger partial charge in [0.1, 0.15) is 16.3 Å². The van der Waals surface area contributed by atoms with E-state index in [4.69, 9.17) is 16.4 Å². The second kappa shape index (κ2) is 9.92. The van der Waals surface area contributed by atoms with E-state index < -0.39 is 31.5 Å². The van der Waals surface area contributed by atoms with Crippen molar-refractivity contribution < 1.29 is 18.4 Å². The maximum absolute atomic E-state index is 12.8. The zero-order valence-electron chi connectivity index (χ0n) is 18.3. The van der Waals surface area contributed by atoms with Crippen molar-refractivity contribution in [2.24, 2.45) is 0 Å². The Morgan fingerprint density at radius 3 is 2.30 bits per heavy atom. The maximum Gasteiger partial charge on any atom is 0.270 e. The molecule has 0 aromatic heterocycles. The highest BCUT2D eigenvalue weighted by Crippen LogP contribution is 2.40. The van der Waals surface area contributed by atoms with E-state index in [0.717, 1.165) is 5.56 Å². The van der Waals surface area contributed by atoms with Crippen LogP contribution < -0.4 is 21.5 Å². The Morgan fingerprint density at radius 1 is 1.06 bits per heavy atom. The number of phenols is 1. The fourth-order valence-corrected chi connectivity index (χ4v) is 4.95. The van der Waals surface area contributed by atoms with Crippen LogP contribution in [0.3, 0.4) is 0 Å². The second-order valence-corrected chi connectivity index (χ2v) is 9.43. The Bertz CT molecular complexity index is 1320. The predicted octanol–water partition coefficient (Wildman–Crippen LogP) is 3.52. The van der Waals surface area contributed by atoms with Gasteiger partial charge >= 0.3 is 0 Å². The van der Waals surface area contributed by atoms with Gasteiger partial charge in [0, 0.05) is 7.05 Å². The molecule has 33 heavy (non-hydrogen) atoms. The van der Waals surface area contributed by atoms with Gasteiger partial charge in [-0.05, 0) is 31.0 Å². The minimum Gasteiger partial charge on any atom is -0.504 e. The third-order valence-corrected chi connectivity index (χ3v) is 7.23. The molecule has 11 heteroatoms. The van der Waals surface area contributed by atoms with Crippen LogP contribution >= 0.6 is 11.6 Å². The van der Waals surface area contributed by atoms with Gasteiger partial charge in [-0.1, -0.05) is 53.3 Å². The molecule has 3 aromatic rings. The number of hydrogen-bond acceptors (Lipinski definition) is 8. The summed E-state index contributed by atoms with van der Waals surface area (Å²) in [6.07, 6.45) is 0.639. The van der Waals surface area contributed by atoms with Crippen molar-refractivity contribution in [3.05, 3.63) is 73.5 Å². The molecule has 0 radical (unpaired) electrons. The molecule has 3 N–H and O–H groups in total. The van der Waals surface area contributed by atoms with E-state index in [1.165, 1.54) is 19.2 Å². The molecule has 0 amide bonds. The Kier molecular flexibility index (Phi) is 7.43. The van der Waals surface area contributed by atoms with E-state index in [2.05, 4.69) is 10.6 Å². The first-order chi connectivity index (χ1) is 15.6. The van der Waals surface area contributed by atoms with Gasteiger partial charge in [-0.2, -0.15) is 0 Å². The molecule has 0 aliphatic heterocycles. The summed E-state index contributed by atoms with van der Waals surface area (Å²) in [7, 11) is -3.13. The Balaban J connectivity index is 1.97. The van der Waals surface area contributed by atoms with Crippen molar-refractivity contribution in [3.8, 4) is 5.75 Å². The molecule has 0 heterocycles. The Labute approximate surface area is 196 Å². The quantitative estimate of drug-likeness (QED) is 0.222. The number of nitrogens with zero attached hydrogens (tertiary/aromatic N) is 1. The van der Waals surface area contributed by atoms with E-state index in [0.29, 0.717) is 10.9 Å². The van der Waals surface area contributed by atoms with Crippen LogP contribution in [0.25, 0.3) is 0 Å². The molecule has 0 spiro atoms. The van der Waals surface area contributed by atoms with E-state index in [-0.39, 0.29) is 34.7 Å². The van der Waals surface area contributed by atoms with Crippen LogP contribution in [0.4, 0.5) is 17.1 Å². The summed E-state index contributed by atoms with van der Waals surface area (Å²) < 4.78 is 26.2. The lowest BCUT2D eigenvalue weighted by atomic mass is 10.0. The summed E-state index contributed by atoms with van der Waals surface area (Å²) in [5.74, 6) is -0.705. The number of nitrogens with one attached hydrogen (secondary N) is 2. The number of phenolic OH excluding ortho intramolecular Hbond substituents is 1. The van der Waals surface area contributed by atoms with Gasteiger partial charge in [0.15, 0.2) is 5.75 Å². The summed E-state index contributed by atoms with van der Waals surface area (Å²) in [5.41, 5.74) is -0.685. The molecule has 0 fully saturated rings. The lowest BCUT2D eigenvalue weighted by Gasteiger charge is -2.23. The van der Waals surface area contributed by atoms with E-state index in [9.17, 15) is 23.1 Å². The minimum absolute atomic E-state index is 0.0564. The van der Waals surface area contributed by atoms with Gasteiger partial charge < -0.3 is 15.7 Å². The largest absolute Gasteiger partial charge is 0.504 e. The fourth-order valence-electron chi connectivity index (χ4n) is 3.34. The first-order valence-electron chi connectivity index (χ1n) is 10.2. The highest BCUT2D eigenvalue weighted by molar-refractivity contribution is 7.89. The summed E-state index contributed by atoms with van der Waals surface area (Å²) in [5, 5.41) is 16.2. The molecule has 0 aliphatic rings. The normalized spacial score (nSPS) is 12.8. The predicted molar refractivity (Wildman–Crippen MR) is 127 cm³/mol. The molecule has 0 bridgehead atoms. The van der Waals surface area contributed by atoms with Crippen molar-refractivity contribution in [1.29, 1.82) is 0 Å². The Morgan fingerprint density at radius 2 is 1.70 bits per heavy atom. The summed E-state index contributed by atoms with van der Waals surface area (Å²) >= 11 is 6.06. The molecular weight excluding hydrogens is 470 g/mol. The standard InChI is InChI=1S/C22H24ClN3O6S/c1-4-15(13-9-7-6-8-10-13)24-17-18(21(29)20(17)28)25-16-12-11-14(23)22(19(16)27)33(30,31)26(3)32-5-2/h6-12,15,24-25,27H,4-5H2,1-3H3/t15-/m1/s1. The molecule has 0 aliphatic carbocycles. The van der Waals surface area contributed by atoms with Crippen molar-refractivity contribution in [2.45, 2.75) is 31.2 Å². The van der Waals surface area contributed by atoms with Crippen LogP contribution in [0.5, 0.6) is 5.75 Å². The third-order valence-electron chi connectivity index (χ3n) is 5.09. The summed E-state index contributed by atoms with van der Waals surface area (Å²) in [6, 6.07) is 11.7. The fraction of sp³-hybridized carbons (Fsp3) is 0.273. The number of anilines is 3. The van der Waals surface area contributed by atoms with Crippen molar-refractivity contribution in [3.63, 3.8) is 0 Å². The first kappa shape index (κ1) is 24.7. The average Bonchev–Trinajstić information content (AvgIpc) is 2.80. The lowest BCUT2D eigenvalue weighted by molar-refractivity contribution is -0.0578. The van der Waals surface area contributed by atoms with Crippen LogP contribution in [0, 0.1) is 0 Å². The molecule has 176 valence electrons. The van der Waals surface area contributed by atoms with Crippen LogP contribution in [-0.4, -0.2) is 31.6 Å². The smallest absolute Gasteiger partial charge is 0.270 e. The summed E-state index contributed by atoms with van der Waals surface area (Å²) in [6.45, 7) is 3.61. The number of halogens is 1. The zero-order valence-corrected chi connectivity index (χ0v) is 19.8. The van der Waals surface area contributed by atoms with Crippen molar-refractivity contribution >= 4 is 38.7 Å². The molecule has 3 rings (SSSR count). The second-order valence-electron chi connectivity index (χ2n) is 7.15. The minimum atomic E-state index is -4.30. The molecule has 0 saturated carbocycles. The zero-order chi connectivity index (χ0) is 24.3. The van der Waals surface area contributed by atoms with Crippen molar-refractivity contribution in [2.75, 3.05) is 24.3 Å². The van der Waals surface area contributed by atoms with E-state index in [1.807, 2.05) is 37.3 Å². The van der Waals surface area contributed by atoms with Gasteiger partial charge in [-0.15, -0.1) is 0 Å². The van der Waals surface area contributed by atoms with Gasteiger partial charge in [0.05, 0.1) is 23.4 Å². The average molecular weight is 494 g/mol. The number of hydrogen-bond donors (Lipinski definition) is 3. The van der Waals surface area contributed by atoms with Crippen LogP contribution in [0.1, 0.15) is 31.9 Å². The number of benzene rings is 2. The number of sulfonamides is 1. The number of aromatic hydroxyl groups is 1. The highest BCUT2D eigenvalue weighted by Gasteiger charge is 2.31. The molecule has 1 atom stereocenters. The number of rotatable bonds is 10. The van der Waals surface area contributed by atoms with Gasteiger partial charge in [0.2, 0.25) is 0 Å².